The van der Waals surface area contributed by atoms with Crippen LogP contribution in [0.25, 0.3) is 0 Å². The molecule has 8 heteroatoms. The molecule has 5 nitrogen and oxygen atoms in total. The van der Waals surface area contributed by atoms with Crippen LogP contribution in [0.15, 0.2) is 30.3 Å². The van der Waals surface area contributed by atoms with Crippen molar-refractivity contribution in [1.29, 1.82) is 0 Å². The Kier molecular flexibility index (Phi) is 7.83. The van der Waals surface area contributed by atoms with Gasteiger partial charge in [0.2, 0.25) is 15.9 Å². The highest BCUT2D eigenvalue weighted by molar-refractivity contribution is 7.92. The van der Waals surface area contributed by atoms with E-state index in [1.165, 1.54) is 23.8 Å². The lowest BCUT2D eigenvalue weighted by Crippen LogP contribution is -2.49. The second-order valence-electron chi connectivity index (χ2n) is 7.63. The normalized spacial score (nSPS) is 13.6. The molecule has 0 radical (unpaired) electrons. The van der Waals surface area contributed by atoms with E-state index in [0.29, 0.717) is 10.0 Å². The average molecular weight is 471 g/mol. The molecule has 0 aliphatic carbocycles. The van der Waals surface area contributed by atoms with Crippen molar-refractivity contribution >= 4 is 44.8 Å². The van der Waals surface area contributed by atoms with Crippen molar-refractivity contribution in [1.82, 2.24) is 5.32 Å². The fourth-order valence-corrected chi connectivity index (χ4v) is 5.27. The van der Waals surface area contributed by atoms with Gasteiger partial charge in [-0.1, -0.05) is 42.3 Å². The first-order valence-electron chi connectivity index (χ1n) is 9.68. The van der Waals surface area contributed by atoms with Crippen LogP contribution in [0.4, 0.5) is 5.69 Å². The third-order valence-corrected chi connectivity index (χ3v) is 6.76. The summed E-state index contributed by atoms with van der Waals surface area (Å²) in [6.45, 7) is 9.72. The number of hydrogen-bond acceptors (Lipinski definition) is 3. The summed E-state index contributed by atoms with van der Waals surface area (Å²) in [5, 5.41) is 3.56. The number of halogens is 2. The quantitative estimate of drug-likeness (QED) is 0.593. The van der Waals surface area contributed by atoms with E-state index in [-0.39, 0.29) is 24.1 Å². The maximum absolute atomic E-state index is 13.2. The summed E-state index contributed by atoms with van der Waals surface area (Å²) in [5.41, 5.74) is 4.64. The van der Waals surface area contributed by atoms with Gasteiger partial charge in [0.15, 0.2) is 0 Å². The third kappa shape index (κ3) is 5.68. The molecule has 0 aliphatic rings. The molecule has 0 bridgehead atoms. The smallest absolute Gasteiger partial charge is 0.244 e. The minimum atomic E-state index is -3.77. The van der Waals surface area contributed by atoms with Gasteiger partial charge >= 0.3 is 0 Å². The largest absolute Gasteiger partial charge is 0.348 e. The summed E-state index contributed by atoms with van der Waals surface area (Å²) in [6, 6.07) is 7.41. The monoisotopic (exact) mass is 470 g/mol. The highest BCUT2D eigenvalue weighted by atomic mass is 35.5. The number of rotatable bonds is 7. The molecule has 1 amide bonds. The van der Waals surface area contributed by atoms with Crippen molar-refractivity contribution in [2.24, 2.45) is 0 Å². The van der Waals surface area contributed by atoms with E-state index in [2.05, 4.69) is 17.4 Å². The fourth-order valence-electron chi connectivity index (χ4n) is 3.56. The van der Waals surface area contributed by atoms with Crippen molar-refractivity contribution in [3.8, 4) is 0 Å². The Bertz CT molecular complexity index is 1030. The Labute approximate surface area is 189 Å². The first-order chi connectivity index (χ1) is 13.8. The Morgan fingerprint density at radius 2 is 1.53 bits per heavy atom. The maximum Gasteiger partial charge on any atom is 0.244 e. The van der Waals surface area contributed by atoms with E-state index in [0.717, 1.165) is 27.3 Å². The molecule has 0 unspecified atom stereocenters. The van der Waals surface area contributed by atoms with Gasteiger partial charge in [-0.2, -0.15) is 0 Å². The number of amides is 1. The zero-order valence-corrected chi connectivity index (χ0v) is 20.4. The molecular weight excluding hydrogens is 443 g/mol. The van der Waals surface area contributed by atoms with E-state index in [1.807, 2.05) is 27.7 Å². The molecule has 0 spiro atoms. The Balaban J connectivity index is 2.40. The van der Waals surface area contributed by atoms with E-state index in [4.69, 9.17) is 23.2 Å². The van der Waals surface area contributed by atoms with Crippen LogP contribution in [0, 0.1) is 20.8 Å². The first-order valence-corrected chi connectivity index (χ1v) is 12.3. The fraction of sp³-hybridized carbons (Fsp3) is 0.409. The molecule has 0 saturated heterocycles. The predicted molar refractivity (Wildman–Crippen MR) is 125 cm³/mol. The van der Waals surface area contributed by atoms with Crippen LogP contribution in [-0.4, -0.2) is 26.6 Å². The van der Waals surface area contributed by atoms with Crippen LogP contribution >= 0.6 is 23.2 Å². The number of aryl methyl sites for hydroxylation is 3. The molecule has 0 aromatic heterocycles. The molecular formula is C22H28Cl2N2O3S. The summed E-state index contributed by atoms with van der Waals surface area (Å²) in [7, 11) is -3.77. The zero-order chi connectivity index (χ0) is 22.8. The number of benzene rings is 2. The molecule has 0 saturated carbocycles. The van der Waals surface area contributed by atoms with Gasteiger partial charge in [-0.15, -0.1) is 0 Å². The summed E-state index contributed by atoms with van der Waals surface area (Å²) in [5.74, 6) is -0.385. The second kappa shape index (κ2) is 9.58. The van der Waals surface area contributed by atoms with Gasteiger partial charge in [0.25, 0.3) is 0 Å². The predicted octanol–water partition coefficient (Wildman–Crippen LogP) is 5.34. The van der Waals surface area contributed by atoms with Gasteiger partial charge in [-0.05, 0) is 74.6 Å². The van der Waals surface area contributed by atoms with Gasteiger partial charge in [0.1, 0.15) is 6.04 Å². The topological polar surface area (TPSA) is 66.5 Å². The van der Waals surface area contributed by atoms with Crippen LogP contribution in [-0.2, 0) is 14.8 Å². The molecule has 2 aromatic rings. The molecule has 0 aliphatic heterocycles. The van der Waals surface area contributed by atoms with Crippen LogP contribution < -0.4 is 9.62 Å². The van der Waals surface area contributed by atoms with Gasteiger partial charge < -0.3 is 5.32 Å². The number of sulfonamides is 1. The van der Waals surface area contributed by atoms with Crippen molar-refractivity contribution in [3.63, 3.8) is 0 Å². The zero-order valence-electron chi connectivity index (χ0n) is 18.1. The minimum Gasteiger partial charge on any atom is -0.348 e. The van der Waals surface area contributed by atoms with Crippen LogP contribution in [0.5, 0.6) is 0 Å². The SMILES string of the molecule is CC[C@H](C(=O)N[C@H](C)c1cc(C)c(C)cc1C)N(c1cc(Cl)cc(Cl)c1)S(C)(=O)=O. The lowest BCUT2D eigenvalue weighted by Gasteiger charge is -2.31. The van der Waals surface area contributed by atoms with Gasteiger partial charge in [0, 0.05) is 10.0 Å². The molecule has 2 aromatic carbocycles. The Hall–Kier alpha value is -1.76. The molecule has 2 atom stereocenters. The van der Waals surface area contributed by atoms with E-state index in [9.17, 15) is 13.2 Å². The molecule has 0 heterocycles. The van der Waals surface area contributed by atoms with Crippen molar-refractivity contribution in [2.75, 3.05) is 10.6 Å². The number of carbonyl (C=O) groups is 1. The van der Waals surface area contributed by atoms with Gasteiger partial charge in [0.05, 0.1) is 18.0 Å². The number of hydrogen-bond donors (Lipinski definition) is 1. The second-order valence-corrected chi connectivity index (χ2v) is 10.4. The van der Waals surface area contributed by atoms with E-state index >= 15 is 0 Å². The van der Waals surface area contributed by atoms with E-state index < -0.39 is 16.1 Å². The molecule has 30 heavy (non-hydrogen) atoms. The van der Waals surface area contributed by atoms with Crippen LogP contribution in [0.3, 0.4) is 0 Å². The summed E-state index contributed by atoms with van der Waals surface area (Å²) < 4.78 is 26.3. The number of nitrogens with one attached hydrogen (secondary N) is 1. The first kappa shape index (κ1) is 24.5. The lowest BCUT2D eigenvalue weighted by atomic mass is 9.96. The highest BCUT2D eigenvalue weighted by Gasteiger charge is 2.32. The van der Waals surface area contributed by atoms with E-state index in [1.54, 1.807) is 6.92 Å². The Morgan fingerprint density at radius 3 is 2.03 bits per heavy atom. The molecule has 1 N–H and O–H groups in total. The van der Waals surface area contributed by atoms with Crippen LogP contribution in [0.2, 0.25) is 10.0 Å². The minimum absolute atomic E-state index is 0.256. The average Bonchev–Trinajstić information content (AvgIpc) is 2.60. The van der Waals surface area contributed by atoms with Crippen molar-refractivity contribution < 1.29 is 13.2 Å². The Morgan fingerprint density at radius 1 is 1.00 bits per heavy atom. The number of carbonyl (C=O) groups excluding carboxylic acids is 1. The molecule has 2 rings (SSSR count). The number of nitrogens with zero attached hydrogens (tertiary/aromatic N) is 1. The lowest BCUT2D eigenvalue weighted by molar-refractivity contribution is -0.122. The third-order valence-electron chi connectivity index (χ3n) is 5.14. The molecule has 0 fully saturated rings. The van der Waals surface area contributed by atoms with Crippen LogP contribution in [0.1, 0.15) is 48.6 Å². The maximum atomic E-state index is 13.2. The van der Waals surface area contributed by atoms with Gasteiger partial charge in [-0.3, -0.25) is 9.10 Å². The summed E-state index contributed by atoms with van der Waals surface area (Å²) in [4.78, 5) is 13.2. The highest BCUT2D eigenvalue weighted by Crippen LogP contribution is 2.30. The number of anilines is 1. The summed E-state index contributed by atoms with van der Waals surface area (Å²) in [6.07, 6.45) is 1.34. The molecule has 164 valence electrons. The van der Waals surface area contributed by atoms with Crippen molar-refractivity contribution in [3.05, 3.63) is 62.6 Å². The summed E-state index contributed by atoms with van der Waals surface area (Å²) >= 11 is 12.1. The van der Waals surface area contributed by atoms with Gasteiger partial charge in [-0.25, -0.2) is 8.42 Å². The van der Waals surface area contributed by atoms with Crippen molar-refractivity contribution in [2.45, 2.75) is 53.1 Å². The standard InChI is InChI=1S/C22H28Cl2N2O3S/c1-7-21(26(30(6,28)29)19-11-17(23)10-18(24)12-19)22(27)25-16(5)20-9-14(3)13(2)8-15(20)4/h8-12,16,21H,7H2,1-6H3,(H,25,27)/t16-,21-/m1/s1.